The molecule has 0 bridgehead atoms. The highest BCUT2D eigenvalue weighted by molar-refractivity contribution is 6.40. The van der Waals surface area contributed by atoms with Crippen molar-refractivity contribution in [1.29, 1.82) is 0 Å². The van der Waals surface area contributed by atoms with E-state index in [0.717, 1.165) is 18.2 Å². The molecule has 9 nitrogen and oxygen atoms in total. The van der Waals surface area contributed by atoms with Crippen LogP contribution in [0.5, 0.6) is 0 Å². The number of nitrogens with zero attached hydrogens (tertiary/aromatic N) is 3. The van der Waals surface area contributed by atoms with E-state index >= 15 is 0 Å². The first-order chi connectivity index (χ1) is 10.5. The number of benzene rings is 1. The number of non-ortho nitro benzene ring substituents is 1. The summed E-state index contributed by atoms with van der Waals surface area (Å²) >= 11 is 0. The Hall–Kier alpha value is -3.32. The molecule has 1 rings (SSSR count). The van der Waals surface area contributed by atoms with Crippen molar-refractivity contribution >= 4 is 23.3 Å². The number of hydrogen-bond acceptors (Lipinski definition) is 6. The van der Waals surface area contributed by atoms with Gasteiger partial charge in [0.2, 0.25) is 0 Å². The lowest BCUT2D eigenvalue weighted by Gasteiger charge is -2.02. The van der Waals surface area contributed by atoms with Gasteiger partial charge in [-0.2, -0.15) is 4.79 Å². The fraction of sp³-hybridized carbons (Fsp3) is 0.154. The van der Waals surface area contributed by atoms with Crippen molar-refractivity contribution in [2.24, 2.45) is 0 Å². The van der Waals surface area contributed by atoms with Crippen LogP contribution < -0.4 is 0 Å². The molecular weight excluding hydrogens is 294 g/mol. The van der Waals surface area contributed by atoms with Crippen molar-refractivity contribution < 1.29 is 28.8 Å². The van der Waals surface area contributed by atoms with Gasteiger partial charge >= 0.3 is 17.7 Å². The van der Waals surface area contributed by atoms with Crippen molar-refractivity contribution in [2.75, 3.05) is 13.2 Å². The van der Waals surface area contributed by atoms with Crippen LogP contribution in [0.2, 0.25) is 0 Å². The SMILES string of the molecule is C=CC(=O)OCCOC(=O)C(=[N+]=[N-])c1ccc([N+](=O)[O-])cc1. The first-order valence-electron chi connectivity index (χ1n) is 5.92. The summed E-state index contributed by atoms with van der Waals surface area (Å²) in [4.78, 5) is 35.2. The number of ether oxygens (including phenoxy) is 2. The number of hydrogen-bond donors (Lipinski definition) is 0. The predicted molar refractivity (Wildman–Crippen MR) is 72.9 cm³/mol. The van der Waals surface area contributed by atoms with Crippen molar-refractivity contribution in [3.8, 4) is 0 Å². The number of rotatable bonds is 7. The molecular formula is C13H11N3O6. The monoisotopic (exact) mass is 305 g/mol. The highest BCUT2D eigenvalue weighted by Gasteiger charge is 2.25. The molecule has 0 unspecified atom stereocenters. The van der Waals surface area contributed by atoms with E-state index in [1.54, 1.807) is 0 Å². The third-order valence-electron chi connectivity index (χ3n) is 2.37. The third-order valence-corrected chi connectivity index (χ3v) is 2.37. The minimum absolute atomic E-state index is 0.140. The highest BCUT2D eigenvalue weighted by atomic mass is 16.6. The van der Waals surface area contributed by atoms with Crippen LogP contribution in [0.3, 0.4) is 0 Å². The van der Waals surface area contributed by atoms with Gasteiger partial charge in [-0.1, -0.05) is 6.58 Å². The summed E-state index contributed by atoms with van der Waals surface area (Å²) in [6, 6.07) is 4.79. The second kappa shape index (κ2) is 8.08. The summed E-state index contributed by atoms with van der Waals surface area (Å²) < 4.78 is 9.34. The van der Waals surface area contributed by atoms with E-state index in [2.05, 4.69) is 16.1 Å². The zero-order chi connectivity index (χ0) is 16.5. The van der Waals surface area contributed by atoms with Gasteiger partial charge in [-0.3, -0.25) is 10.1 Å². The summed E-state index contributed by atoms with van der Waals surface area (Å²) in [5, 5.41) is 10.5. The zero-order valence-corrected chi connectivity index (χ0v) is 11.3. The summed E-state index contributed by atoms with van der Waals surface area (Å²) in [6.45, 7) is 2.76. The molecule has 0 aliphatic carbocycles. The summed E-state index contributed by atoms with van der Waals surface area (Å²) in [5.41, 5.74) is 8.40. The van der Waals surface area contributed by atoms with E-state index in [1.807, 2.05) is 0 Å². The molecule has 0 saturated carbocycles. The molecule has 1 aromatic rings. The molecule has 9 heteroatoms. The predicted octanol–water partition coefficient (Wildman–Crippen LogP) is 0.886. The molecule has 0 aliphatic heterocycles. The lowest BCUT2D eigenvalue weighted by molar-refractivity contribution is -0.384. The molecule has 0 aromatic heterocycles. The smallest absolute Gasteiger partial charge is 0.422 e. The standard InChI is InChI=1S/C13H11N3O6/c1-2-11(17)21-7-8-22-13(18)12(15-14)9-3-5-10(6-4-9)16(19)20/h2-6H,1,7-8H2. The fourth-order valence-corrected chi connectivity index (χ4v) is 1.36. The lowest BCUT2D eigenvalue weighted by atomic mass is 10.1. The maximum Gasteiger partial charge on any atom is 0.422 e. The average molecular weight is 305 g/mol. The number of esters is 2. The lowest BCUT2D eigenvalue weighted by Crippen LogP contribution is -2.22. The van der Waals surface area contributed by atoms with Gasteiger partial charge in [0.25, 0.3) is 5.69 Å². The molecule has 0 fully saturated rings. The van der Waals surface area contributed by atoms with Gasteiger partial charge in [0.1, 0.15) is 13.2 Å². The minimum atomic E-state index is -0.967. The van der Waals surface area contributed by atoms with Gasteiger partial charge in [-0.25, -0.2) is 9.59 Å². The Balaban J connectivity index is 2.65. The summed E-state index contributed by atoms with van der Waals surface area (Å²) in [5.74, 6) is -1.63. The molecule has 22 heavy (non-hydrogen) atoms. The van der Waals surface area contributed by atoms with Crippen LogP contribution in [0.4, 0.5) is 5.69 Å². The largest absolute Gasteiger partial charge is 0.459 e. The molecule has 0 atom stereocenters. The van der Waals surface area contributed by atoms with Gasteiger partial charge in [0, 0.05) is 18.2 Å². The normalized spacial score (nSPS) is 9.27. The Morgan fingerprint density at radius 3 is 2.36 bits per heavy atom. The van der Waals surface area contributed by atoms with Gasteiger partial charge < -0.3 is 15.0 Å². The topological polar surface area (TPSA) is 132 Å². The molecule has 1 aromatic carbocycles. The Bertz CT molecular complexity index is 646. The second-order valence-corrected chi connectivity index (χ2v) is 3.76. The van der Waals surface area contributed by atoms with Crippen LogP contribution in [0.15, 0.2) is 36.9 Å². The number of nitro benzene ring substituents is 1. The summed E-state index contributed by atoms with van der Waals surface area (Å²) in [7, 11) is 0. The number of carbonyl (C=O) groups excluding carboxylic acids is 2. The van der Waals surface area contributed by atoms with Crippen molar-refractivity contribution in [3.05, 3.63) is 58.1 Å². The Labute approximate surface area is 124 Å². The zero-order valence-electron chi connectivity index (χ0n) is 11.3. The maximum absolute atomic E-state index is 11.7. The van der Waals surface area contributed by atoms with E-state index in [1.165, 1.54) is 12.1 Å². The first kappa shape index (κ1) is 16.7. The Morgan fingerprint density at radius 1 is 1.27 bits per heavy atom. The second-order valence-electron chi connectivity index (χ2n) is 3.76. The minimum Gasteiger partial charge on any atom is -0.459 e. The summed E-state index contributed by atoms with van der Waals surface area (Å²) in [6.07, 6.45) is 0.958. The van der Waals surface area contributed by atoms with Crippen molar-refractivity contribution in [2.45, 2.75) is 0 Å². The average Bonchev–Trinajstić information content (AvgIpc) is 2.52. The molecule has 0 aliphatic rings. The van der Waals surface area contributed by atoms with Gasteiger partial charge in [0.05, 0.1) is 10.5 Å². The number of carbonyl (C=O) groups is 2. The van der Waals surface area contributed by atoms with E-state index in [4.69, 9.17) is 10.3 Å². The number of nitro groups is 1. The van der Waals surface area contributed by atoms with E-state index in [9.17, 15) is 19.7 Å². The highest BCUT2D eigenvalue weighted by Crippen LogP contribution is 2.12. The van der Waals surface area contributed by atoms with Crippen LogP contribution in [-0.2, 0) is 19.1 Å². The van der Waals surface area contributed by atoms with Crippen LogP contribution in [0.25, 0.3) is 5.53 Å². The molecule has 0 amide bonds. The van der Waals surface area contributed by atoms with Gasteiger partial charge in [0.15, 0.2) is 0 Å². The van der Waals surface area contributed by atoms with Gasteiger partial charge in [-0.05, 0) is 12.1 Å². The van der Waals surface area contributed by atoms with Crippen molar-refractivity contribution in [3.63, 3.8) is 0 Å². The molecule has 0 spiro atoms. The third kappa shape index (κ3) is 4.66. The molecule has 0 saturated heterocycles. The van der Waals surface area contributed by atoms with E-state index in [0.29, 0.717) is 0 Å². The molecule has 0 N–H and O–H groups in total. The Kier molecular flexibility index (Phi) is 6.14. The quantitative estimate of drug-likeness (QED) is 0.107. The molecule has 114 valence electrons. The van der Waals surface area contributed by atoms with Crippen LogP contribution in [-0.4, -0.2) is 40.6 Å². The maximum atomic E-state index is 11.7. The van der Waals surface area contributed by atoms with Crippen molar-refractivity contribution in [1.82, 2.24) is 0 Å². The van der Waals surface area contributed by atoms with Crippen LogP contribution >= 0.6 is 0 Å². The Morgan fingerprint density at radius 2 is 1.86 bits per heavy atom. The fourth-order valence-electron chi connectivity index (χ4n) is 1.36. The molecule has 0 heterocycles. The van der Waals surface area contributed by atoms with Gasteiger partial charge in [-0.15, -0.1) is 0 Å². The van der Waals surface area contributed by atoms with Crippen LogP contribution in [0.1, 0.15) is 5.56 Å². The first-order valence-corrected chi connectivity index (χ1v) is 5.92. The molecule has 0 radical (unpaired) electrons. The van der Waals surface area contributed by atoms with E-state index in [-0.39, 0.29) is 24.5 Å². The van der Waals surface area contributed by atoms with Crippen LogP contribution in [0, 0.1) is 10.1 Å². The van der Waals surface area contributed by atoms with E-state index < -0.39 is 22.6 Å².